The van der Waals surface area contributed by atoms with Crippen molar-refractivity contribution in [3.63, 3.8) is 0 Å². The van der Waals surface area contributed by atoms with Crippen molar-refractivity contribution < 1.29 is 22.7 Å². The molecule has 0 atom stereocenters. The van der Waals surface area contributed by atoms with Crippen LogP contribution in [0, 0.1) is 6.92 Å². The molecule has 10 heteroatoms. The van der Waals surface area contributed by atoms with Crippen LogP contribution in [0.5, 0.6) is 11.5 Å². The van der Waals surface area contributed by atoms with E-state index in [2.05, 4.69) is 10.5 Å². The molecule has 3 aromatic carbocycles. The highest BCUT2D eigenvalue weighted by molar-refractivity contribution is 7.92. The fraction of sp³-hybridized carbons (Fsp3) is 0.167. The molecule has 1 N–H and O–H groups in total. The highest BCUT2D eigenvalue weighted by atomic mass is 35.5. The number of hydrogen-bond donors (Lipinski definition) is 1. The van der Waals surface area contributed by atoms with Crippen LogP contribution < -0.4 is 19.2 Å². The first-order valence-corrected chi connectivity index (χ1v) is 12.0. The van der Waals surface area contributed by atoms with E-state index in [-0.39, 0.29) is 15.6 Å². The van der Waals surface area contributed by atoms with Gasteiger partial charge in [-0.05, 0) is 55.0 Å². The Bertz CT molecular complexity index is 1290. The van der Waals surface area contributed by atoms with Gasteiger partial charge in [0.1, 0.15) is 18.0 Å². The number of benzene rings is 3. The fourth-order valence-corrected chi connectivity index (χ4v) is 4.69. The van der Waals surface area contributed by atoms with Crippen LogP contribution in [-0.2, 0) is 14.8 Å². The summed E-state index contributed by atoms with van der Waals surface area (Å²) >= 11 is 6.22. The Kier molecular flexibility index (Phi) is 8.14. The Morgan fingerprint density at radius 1 is 1.06 bits per heavy atom. The first kappa shape index (κ1) is 25.1. The molecule has 0 bridgehead atoms. The average molecular weight is 502 g/mol. The molecular formula is C24H24ClN3O5S. The third-order valence-corrected chi connectivity index (χ3v) is 6.90. The maximum atomic E-state index is 13.4. The molecule has 0 fully saturated rings. The van der Waals surface area contributed by atoms with E-state index in [1.165, 1.54) is 43.7 Å². The van der Waals surface area contributed by atoms with Crippen LogP contribution in [0.3, 0.4) is 0 Å². The summed E-state index contributed by atoms with van der Waals surface area (Å²) < 4.78 is 38.1. The van der Waals surface area contributed by atoms with Crippen LogP contribution in [0.25, 0.3) is 0 Å². The van der Waals surface area contributed by atoms with E-state index in [9.17, 15) is 13.2 Å². The number of nitrogens with zero attached hydrogens (tertiary/aromatic N) is 2. The van der Waals surface area contributed by atoms with Gasteiger partial charge in [-0.15, -0.1) is 0 Å². The first-order valence-electron chi connectivity index (χ1n) is 10.1. The highest BCUT2D eigenvalue weighted by Crippen LogP contribution is 2.32. The molecule has 0 aromatic heterocycles. The minimum Gasteiger partial charge on any atom is -0.497 e. The molecule has 3 aromatic rings. The maximum Gasteiger partial charge on any atom is 0.264 e. The molecule has 0 unspecified atom stereocenters. The summed E-state index contributed by atoms with van der Waals surface area (Å²) in [6.45, 7) is 1.33. The van der Waals surface area contributed by atoms with Gasteiger partial charge in [0.25, 0.3) is 15.9 Å². The van der Waals surface area contributed by atoms with Gasteiger partial charge >= 0.3 is 0 Å². The molecule has 0 radical (unpaired) electrons. The molecule has 1 amide bonds. The molecule has 0 aliphatic carbocycles. The quantitative estimate of drug-likeness (QED) is 0.353. The molecule has 0 aliphatic heterocycles. The second-order valence-electron chi connectivity index (χ2n) is 7.21. The molecule has 3 rings (SSSR count). The van der Waals surface area contributed by atoms with Gasteiger partial charge in [-0.3, -0.25) is 9.10 Å². The van der Waals surface area contributed by atoms with Crippen molar-refractivity contribution in [2.45, 2.75) is 11.8 Å². The van der Waals surface area contributed by atoms with E-state index >= 15 is 0 Å². The molecular weight excluding hydrogens is 478 g/mol. The summed E-state index contributed by atoms with van der Waals surface area (Å²) in [6.07, 6.45) is 1.43. The Balaban J connectivity index is 1.87. The number of hydrogen-bond acceptors (Lipinski definition) is 6. The summed E-state index contributed by atoms with van der Waals surface area (Å²) in [5.74, 6) is 0.384. The SMILES string of the molecule is COc1cccc(/C=N\NC(=O)CN(c2ccc(OC)c(Cl)c2)S(=O)(=O)c2ccc(C)cc2)c1. The number of rotatable bonds is 9. The van der Waals surface area contributed by atoms with E-state index in [0.29, 0.717) is 17.1 Å². The lowest BCUT2D eigenvalue weighted by molar-refractivity contribution is -0.119. The highest BCUT2D eigenvalue weighted by Gasteiger charge is 2.27. The van der Waals surface area contributed by atoms with Crippen LogP contribution in [-0.4, -0.2) is 41.3 Å². The number of methoxy groups -OCH3 is 2. The van der Waals surface area contributed by atoms with Gasteiger partial charge in [-0.2, -0.15) is 5.10 Å². The molecule has 0 heterocycles. The zero-order valence-electron chi connectivity index (χ0n) is 18.9. The monoisotopic (exact) mass is 501 g/mol. The third kappa shape index (κ3) is 6.06. The van der Waals surface area contributed by atoms with Gasteiger partial charge < -0.3 is 9.47 Å². The van der Waals surface area contributed by atoms with E-state index in [0.717, 1.165) is 9.87 Å². The van der Waals surface area contributed by atoms with Crippen molar-refractivity contribution in [2.75, 3.05) is 25.1 Å². The smallest absolute Gasteiger partial charge is 0.264 e. The summed E-state index contributed by atoms with van der Waals surface area (Å²) in [4.78, 5) is 12.7. The second kappa shape index (κ2) is 11.0. The van der Waals surface area contributed by atoms with Crippen molar-refractivity contribution >= 4 is 39.4 Å². The summed E-state index contributed by atoms with van der Waals surface area (Å²) in [6, 6.07) is 17.9. The standard InChI is InChI=1S/C24H24ClN3O5S/c1-17-7-10-21(11-8-17)34(30,31)28(19-9-12-23(33-3)22(25)14-19)16-24(29)27-26-15-18-5-4-6-20(13-18)32-2/h4-15H,16H2,1-3H3,(H,27,29)/b26-15-. The fourth-order valence-electron chi connectivity index (χ4n) is 3.03. The minimum atomic E-state index is -4.08. The number of ether oxygens (including phenoxy) is 2. The lowest BCUT2D eigenvalue weighted by Gasteiger charge is -2.24. The van der Waals surface area contributed by atoms with E-state index in [1.807, 2.05) is 6.92 Å². The van der Waals surface area contributed by atoms with Gasteiger partial charge in [-0.1, -0.05) is 41.4 Å². The number of carbonyl (C=O) groups excluding carboxylic acids is 1. The number of halogens is 1. The zero-order chi connectivity index (χ0) is 24.7. The van der Waals surface area contributed by atoms with Crippen molar-refractivity contribution in [1.82, 2.24) is 5.43 Å². The summed E-state index contributed by atoms with van der Waals surface area (Å²) in [7, 11) is -1.08. The van der Waals surface area contributed by atoms with Crippen molar-refractivity contribution in [2.24, 2.45) is 5.10 Å². The summed E-state index contributed by atoms with van der Waals surface area (Å²) in [5.41, 5.74) is 4.18. The normalized spacial score (nSPS) is 11.3. The van der Waals surface area contributed by atoms with Crippen molar-refractivity contribution in [3.8, 4) is 11.5 Å². The molecule has 178 valence electrons. The largest absolute Gasteiger partial charge is 0.497 e. The minimum absolute atomic E-state index is 0.0396. The molecule has 0 aliphatic rings. The molecule has 0 spiro atoms. The van der Waals surface area contributed by atoms with Crippen LogP contribution in [0.2, 0.25) is 5.02 Å². The summed E-state index contributed by atoms with van der Waals surface area (Å²) in [5, 5.41) is 4.14. The first-order chi connectivity index (χ1) is 16.2. The third-order valence-electron chi connectivity index (χ3n) is 4.82. The number of aryl methyl sites for hydroxylation is 1. The van der Waals surface area contributed by atoms with Gasteiger partial charge in [0.15, 0.2) is 0 Å². The molecule has 0 saturated heterocycles. The zero-order valence-corrected chi connectivity index (χ0v) is 20.4. The van der Waals surface area contributed by atoms with Crippen molar-refractivity contribution in [3.05, 3.63) is 82.9 Å². The number of amides is 1. The van der Waals surface area contributed by atoms with Gasteiger partial charge in [-0.25, -0.2) is 13.8 Å². The van der Waals surface area contributed by atoms with E-state index in [4.69, 9.17) is 21.1 Å². The lowest BCUT2D eigenvalue weighted by Crippen LogP contribution is -2.39. The van der Waals surface area contributed by atoms with Crippen LogP contribution in [0.15, 0.2) is 76.7 Å². The van der Waals surface area contributed by atoms with Gasteiger partial charge in [0, 0.05) is 0 Å². The Labute approximate surface area is 203 Å². The number of hydrazone groups is 1. The number of nitrogens with one attached hydrogen (secondary N) is 1. The Morgan fingerprint density at radius 2 is 1.79 bits per heavy atom. The second-order valence-corrected chi connectivity index (χ2v) is 9.48. The van der Waals surface area contributed by atoms with Crippen molar-refractivity contribution in [1.29, 1.82) is 0 Å². The Hall–Kier alpha value is -3.56. The lowest BCUT2D eigenvalue weighted by atomic mass is 10.2. The number of sulfonamides is 1. The van der Waals surface area contributed by atoms with E-state index < -0.39 is 22.5 Å². The topological polar surface area (TPSA) is 97.3 Å². The van der Waals surface area contributed by atoms with Gasteiger partial charge in [0.2, 0.25) is 0 Å². The predicted octanol–water partition coefficient (Wildman–Crippen LogP) is 4.01. The van der Waals surface area contributed by atoms with Crippen LogP contribution in [0.1, 0.15) is 11.1 Å². The van der Waals surface area contributed by atoms with E-state index in [1.54, 1.807) is 43.5 Å². The predicted molar refractivity (Wildman–Crippen MR) is 132 cm³/mol. The molecule has 8 nitrogen and oxygen atoms in total. The molecule has 34 heavy (non-hydrogen) atoms. The average Bonchev–Trinajstić information content (AvgIpc) is 2.83. The molecule has 0 saturated carbocycles. The number of carbonyl (C=O) groups is 1. The van der Waals surface area contributed by atoms with Gasteiger partial charge in [0.05, 0.1) is 36.0 Å². The Morgan fingerprint density at radius 3 is 2.44 bits per heavy atom. The number of anilines is 1. The van der Waals surface area contributed by atoms with Crippen LogP contribution >= 0.6 is 11.6 Å². The van der Waals surface area contributed by atoms with Crippen LogP contribution in [0.4, 0.5) is 5.69 Å². The maximum absolute atomic E-state index is 13.4.